The molecule has 0 bridgehead atoms. The van der Waals surface area contributed by atoms with Gasteiger partial charge in [-0.1, -0.05) is 30.0 Å². The molecule has 2 aromatic carbocycles. The van der Waals surface area contributed by atoms with Crippen LogP contribution in [0.1, 0.15) is 18.9 Å². The van der Waals surface area contributed by atoms with Crippen LogP contribution in [0, 0.1) is 0 Å². The first-order valence-electron chi connectivity index (χ1n) is 10.0. The first-order chi connectivity index (χ1) is 15.0. The molecule has 164 valence electrons. The van der Waals surface area contributed by atoms with Crippen molar-refractivity contribution in [2.45, 2.75) is 18.2 Å². The Labute approximate surface area is 195 Å². The molecule has 8 heteroatoms. The quantitative estimate of drug-likeness (QED) is 0.402. The second kappa shape index (κ2) is 11.4. The number of carbonyl (C=O) groups is 2. The second-order valence-corrected chi connectivity index (χ2v) is 8.70. The highest BCUT2D eigenvalue weighted by molar-refractivity contribution is 9.10. The number of hydrogen-bond donors (Lipinski definition) is 1. The van der Waals surface area contributed by atoms with Gasteiger partial charge in [0.25, 0.3) is 5.91 Å². The van der Waals surface area contributed by atoms with E-state index in [9.17, 15) is 9.59 Å². The number of benzene rings is 2. The number of rotatable bonds is 9. The zero-order valence-electron chi connectivity index (χ0n) is 17.5. The van der Waals surface area contributed by atoms with Gasteiger partial charge >= 0.3 is 0 Å². The van der Waals surface area contributed by atoms with Crippen molar-refractivity contribution in [3.05, 3.63) is 57.4 Å². The number of nitrogens with zero attached hydrogens (tertiary/aromatic N) is 1. The van der Waals surface area contributed by atoms with Crippen molar-refractivity contribution >= 4 is 51.3 Å². The summed E-state index contributed by atoms with van der Waals surface area (Å²) in [4.78, 5) is 28.8. The Bertz CT molecular complexity index is 980. The molecule has 0 aliphatic carbocycles. The molecular weight excluding hydrogens is 480 g/mol. The summed E-state index contributed by atoms with van der Waals surface area (Å²) in [5, 5.41) is 2.87. The summed E-state index contributed by atoms with van der Waals surface area (Å²) in [6.45, 7) is 3.67. The topological polar surface area (TPSA) is 67.9 Å². The van der Waals surface area contributed by atoms with E-state index in [1.54, 1.807) is 7.11 Å². The summed E-state index contributed by atoms with van der Waals surface area (Å²) < 4.78 is 11.4. The number of carbonyl (C=O) groups excluding carboxylic acids is 2. The molecule has 3 rings (SSSR count). The molecule has 0 atom stereocenters. The summed E-state index contributed by atoms with van der Waals surface area (Å²) in [6, 6.07) is 13.2. The average molecular weight is 505 g/mol. The van der Waals surface area contributed by atoms with Gasteiger partial charge in [-0.25, -0.2) is 0 Å². The van der Waals surface area contributed by atoms with Gasteiger partial charge in [-0.15, -0.1) is 0 Å². The summed E-state index contributed by atoms with van der Waals surface area (Å²) in [6.07, 6.45) is 2.57. The van der Waals surface area contributed by atoms with Crippen LogP contribution in [0.4, 0.5) is 5.69 Å². The molecule has 1 aliphatic rings. The fraction of sp³-hybridized carbons (Fsp3) is 0.304. The lowest BCUT2D eigenvalue weighted by atomic mass is 10.2. The van der Waals surface area contributed by atoms with Crippen molar-refractivity contribution in [2.75, 3.05) is 38.3 Å². The Balaban J connectivity index is 1.78. The predicted molar refractivity (Wildman–Crippen MR) is 127 cm³/mol. The van der Waals surface area contributed by atoms with E-state index in [0.29, 0.717) is 24.7 Å². The van der Waals surface area contributed by atoms with E-state index in [0.717, 1.165) is 32.8 Å². The SMILES string of the molecule is CCOCCCNC(=O)CN1C(=O)/C(=C\c2ccc(OC)c(Br)c2)Sc2ccccc21. The van der Waals surface area contributed by atoms with Crippen molar-refractivity contribution < 1.29 is 19.1 Å². The Morgan fingerprint density at radius 2 is 2.06 bits per heavy atom. The van der Waals surface area contributed by atoms with Crippen LogP contribution in [0.15, 0.2) is 56.7 Å². The monoisotopic (exact) mass is 504 g/mol. The number of ether oxygens (including phenoxy) is 2. The molecule has 0 fully saturated rings. The summed E-state index contributed by atoms with van der Waals surface area (Å²) >= 11 is 4.89. The number of fused-ring (bicyclic) bond motifs is 1. The normalized spacial score (nSPS) is 14.5. The van der Waals surface area contributed by atoms with Crippen LogP contribution in [0.5, 0.6) is 5.75 Å². The molecule has 0 spiro atoms. The number of para-hydroxylation sites is 1. The highest BCUT2D eigenvalue weighted by Gasteiger charge is 2.30. The molecule has 31 heavy (non-hydrogen) atoms. The van der Waals surface area contributed by atoms with Gasteiger partial charge in [-0.05, 0) is 65.2 Å². The lowest BCUT2D eigenvalue weighted by molar-refractivity contribution is -0.122. The van der Waals surface area contributed by atoms with Crippen molar-refractivity contribution in [3.63, 3.8) is 0 Å². The highest BCUT2D eigenvalue weighted by Crippen LogP contribution is 2.42. The van der Waals surface area contributed by atoms with Crippen molar-refractivity contribution in [1.29, 1.82) is 0 Å². The minimum Gasteiger partial charge on any atom is -0.496 e. The maximum Gasteiger partial charge on any atom is 0.265 e. The van der Waals surface area contributed by atoms with Gasteiger partial charge in [-0.2, -0.15) is 0 Å². The maximum atomic E-state index is 13.3. The Morgan fingerprint density at radius 3 is 2.81 bits per heavy atom. The number of anilines is 1. The van der Waals surface area contributed by atoms with E-state index in [4.69, 9.17) is 9.47 Å². The molecule has 0 aromatic heterocycles. The molecule has 1 heterocycles. The Hall–Kier alpha value is -2.29. The fourth-order valence-electron chi connectivity index (χ4n) is 3.09. The van der Waals surface area contributed by atoms with Crippen LogP contribution < -0.4 is 15.0 Å². The largest absolute Gasteiger partial charge is 0.496 e. The number of thioether (sulfide) groups is 1. The van der Waals surface area contributed by atoms with E-state index in [-0.39, 0.29) is 18.4 Å². The van der Waals surface area contributed by atoms with E-state index in [2.05, 4.69) is 21.2 Å². The summed E-state index contributed by atoms with van der Waals surface area (Å²) in [5.74, 6) is 0.330. The standard InChI is InChI=1S/C23H25BrN2O4S/c1-3-30-12-6-11-25-22(27)15-26-18-7-4-5-8-20(18)31-21(23(26)28)14-16-9-10-19(29-2)17(24)13-16/h4-5,7-10,13-14H,3,6,11-12,15H2,1-2H3,(H,25,27)/b21-14+. The van der Waals surface area contributed by atoms with Crippen LogP contribution in [-0.2, 0) is 14.3 Å². The number of methoxy groups -OCH3 is 1. The van der Waals surface area contributed by atoms with Gasteiger partial charge in [0.1, 0.15) is 12.3 Å². The Morgan fingerprint density at radius 1 is 1.26 bits per heavy atom. The Kier molecular flexibility index (Phi) is 8.57. The number of hydrogen-bond acceptors (Lipinski definition) is 5. The van der Waals surface area contributed by atoms with Crippen LogP contribution in [0.3, 0.4) is 0 Å². The lowest BCUT2D eigenvalue weighted by Gasteiger charge is -2.29. The molecule has 2 aromatic rings. The minimum absolute atomic E-state index is 0.0330. The molecular formula is C23H25BrN2O4S. The average Bonchev–Trinajstić information content (AvgIpc) is 2.76. The molecule has 1 aliphatic heterocycles. The van der Waals surface area contributed by atoms with Crippen LogP contribution in [0.25, 0.3) is 6.08 Å². The molecule has 2 amide bonds. The zero-order chi connectivity index (χ0) is 22.2. The van der Waals surface area contributed by atoms with Gasteiger partial charge < -0.3 is 14.8 Å². The molecule has 6 nitrogen and oxygen atoms in total. The van der Waals surface area contributed by atoms with Gasteiger partial charge in [0.2, 0.25) is 5.91 Å². The van der Waals surface area contributed by atoms with Crippen LogP contribution >= 0.6 is 27.7 Å². The molecule has 0 saturated carbocycles. The number of nitrogens with one attached hydrogen (secondary N) is 1. The molecule has 0 unspecified atom stereocenters. The van der Waals surface area contributed by atoms with Gasteiger partial charge in [0.15, 0.2) is 0 Å². The van der Waals surface area contributed by atoms with Crippen molar-refractivity contribution in [1.82, 2.24) is 5.32 Å². The van der Waals surface area contributed by atoms with E-state index < -0.39 is 0 Å². The van der Waals surface area contributed by atoms with E-state index in [1.807, 2.05) is 55.5 Å². The molecule has 1 N–H and O–H groups in total. The van der Waals surface area contributed by atoms with E-state index in [1.165, 1.54) is 16.7 Å². The molecule has 0 radical (unpaired) electrons. The first-order valence-corrected chi connectivity index (χ1v) is 11.6. The van der Waals surface area contributed by atoms with Gasteiger partial charge in [0, 0.05) is 24.7 Å². The van der Waals surface area contributed by atoms with Crippen LogP contribution in [-0.4, -0.2) is 45.2 Å². The van der Waals surface area contributed by atoms with Crippen molar-refractivity contribution in [2.24, 2.45) is 0 Å². The predicted octanol–water partition coefficient (Wildman–Crippen LogP) is 4.48. The van der Waals surface area contributed by atoms with E-state index >= 15 is 0 Å². The van der Waals surface area contributed by atoms with Gasteiger partial charge in [0.05, 0.1) is 22.2 Å². The van der Waals surface area contributed by atoms with Crippen molar-refractivity contribution in [3.8, 4) is 5.75 Å². The highest BCUT2D eigenvalue weighted by atomic mass is 79.9. The third-order valence-corrected chi connectivity index (χ3v) is 6.30. The summed E-state index contributed by atoms with van der Waals surface area (Å²) in [7, 11) is 1.61. The number of halogens is 1. The number of amides is 2. The fourth-order valence-corrected chi connectivity index (χ4v) is 4.71. The maximum absolute atomic E-state index is 13.3. The summed E-state index contributed by atoms with van der Waals surface area (Å²) in [5.41, 5.74) is 1.61. The third kappa shape index (κ3) is 6.12. The zero-order valence-corrected chi connectivity index (χ0v) is 19.9. The van der Waals surface area contributed by atoms with Crippen LogP contribution in [0.2, 0.25) is 0 Å². The van der Waals surface area contributed by atoms with Gasteiger partial charge in [-0.3, -0.25) is 14.5 Å². The second-order valence-electron chi connectivity index (χ2n) is 6.76. The smallest absolute Gasteiger partial charge is 0.265 e. The minimum atomic E-state index is -0.196. The lowest BCUT2D eigenvalue weighted by Crippen LogP contribution is -2.43. The first kappa shape index (κ1) is 23.4. The third-order valence-electron chi connectivity index (χ3n) is 4.60. The molecule has 0 saturated heterocycles.